The first-order valence-electron chi connectivity index (χ1n) is 8.09. The lowest BCUT2D eigenvalue weighted by Crippen LogP contribution is -2.39. The topological polar surface area (TPSA) is 59.7 Å². The van der Waals surface area contributed by atoms with Crippen LogP contribution in [-0.2, 0) is 0 Å². The molecule has 1 saturated heterocycles. The molecule has 1 aliphatic heterocycles. The number of carbonyl (C=O) groups excluding carboxylic acids is 1. The van der Waals surface area contributed by atoms with Crippen molar-refractivity contribution < 1.29 is 9.53 Å². The Morgan fingerprint density at radius 3 is 2.79 bits per heavy atom. The first kappa shape index (κ1) is 14.7. The Morgan fingerprint density at radius 2 is 1.96 bits per heavy atom. The SMILES string of the molecule is O=C(c1nccn2ccnc12)N1CCCC1COc1ccccc1. The van der Waals surface area contributed by atoms with Crippen molar-refractivity contribution in [2.45, 2.75) is 18.9 Å². The monoisotopic (exact) mass is 322 g/mol. The summed E-state index contributed by atoms with van der Waals surface area (Å²) < 4.78 is 7.65. The molecule has 1 aromatic carbocycles. The van der Waals surface area contributed by atoms with Crippen molar-refractivity contribution in [2.75, 3.05) is 13.2 Å². The molecule has 0 bridgehead atoms. The number of aromatic nitrogens is 3. The van der Waals surface area contributed by atoms with Crippen molar-refractivity contribution in [1.29, 1.82) is 0 Å². The van der Waals surface area contributed by atoms with Crippen LogP contribution in [0.25, 0.3) is 5.65 Å². The third kappa shape index (κ3) is 2.71. The van der Waals surface area contributed by atoms with Gasteiger partial charge in [0.25, 0.3) is 5.91 Å². The quantitative estimate of drug-likeness (QED) is 0.740. The van der Waals surface area contributed by atoms with Gasteiger partial charge >= 0.3 is 0 Å². The highest BCUT2D eigenvalue weighted by Crippen LogP contribution is 2.22. The number of para-hydroxylation sites is 1. The van der Waals surface area contributed by atoms with Gasteiger partial charge in [-0.2, -0.15) is 0 Å². The van der Waals surface area contributed by atoms with E-state index in [0.717, 1.165) is 25.1 Å². The van der Waals surface area contributed by atoms with Crippen molar-refractivity contribution in [3.05, 3.63) is 60.8 Å². The lowest BCUT2D eigenvalue weighted by atomic mass is 10.2. The highest BCUT2D eigenvalue weighted by molar-refractivity contribution is 5.98. The number of hydrogen-bond donors (Lipinski definition) is 0. The van der Waals surface area contributed by atoms with Crippen LogP contribution in [0.15, 0.2) is 55.1 Å². The number of imidazole rings is 1. The van der Waals surface area contributed by atoms with Crippen LogP contribution >= 0.6 is 0 Å². The maximum absolute atomic E-state index is 12.9. The predicted octanol–water partition coefficient (Wildman–Crippen LogP) is 2.41. The molecule has 0 aliphatic carbocycles. The van der Waals surface area contributed by atoms with E-state index in [0.29, 0.717) is 17.9 Å². The molecular formula is C18H18N4O2. The summed E-state index contributed by atoms with van der Waals surface area (Å²) in [5.74, 6) is 0.747. The molecule has 1 unspecified atom stereocenters. The lowest BCUT2D eigenvalue weighted by molar-refractivity contribution is 0.0687. The number of likely N-dealkylation sites (tertiary alicyclic amines) is 1. The molecule has 6 heteroatoms. The Bertz CT molecular complexity index is 846. The summed E-state index contributed by atoms with van der Waals surface area (Å²) in [5.41, 5.74) is 0.992. The van der Waals surface area contributed by atoms with Gasteiger partial charge in [-0.05, 0) is 25.0 Å². The highest BCUT2D eigenvalue weighted by atomic mass is 16.5. The van der Waals surface area contributed by atoms with Crippen LogP contribution in [0, 0.1) is 0 Å². The van der Waals surface area contributed by atoms with E-state index >= 15 is 0 Å². The molecule has 0 N–H and O–H groups in total. The number of hydrogen-bond acceptors (Lipinski definition) is 4. The lowest BCUT2D eigenvalue weighted by Gasteiger charge is -2.24. The Morgan fingerprint density at radius 1 is 1.17 bits per heavy atom. The number of benzene rings is 1. The van der Waals surface area contributed by atoms with E-state index in [4.69, 9.17) is 4.74 Å². The van der Waals surface area contributed by atoms with Gasteiger partial charge in [-0.15, -0.1) is 0 Å². The second-order valence-electron chi connectivity index (χ2n) is 5.85. The van der Waals surface area contributed by atoms with Crippen molar-refractivity contribution in [3.63, 3.8) is 0 Å². The number of fused-ring (bicyclic) bond motifs is 1. The average molecular weight is 322 g/mol. The number of amides is 1. The first-order chi connectivity index (χ1) is 11.8. The molecule has 24 heavy (non-hydrogen) atoms. The van der Waals surface area contributed by atoms with Gasteiger partial charge in [0.05, 0.1) is 6.04 Å². The first-order valence-corrected chi connectivity index (χ1v) is 8.09. The van der Waals surface area contributed by atoms with Crippen molar-refractivity contribution >= 4 is 11.6 Å². The second kappa shape index (κ2) is 6.31. The molecule has 0 spiro atoms. The van der Waals surface area contributed by atoms with Gasteiger partial charge in [-0.25, -0.2) is 9.97 Å². The van der Waals surface area contributed by atoms with E-state index in [1.54, 1.807) is 18.6 Å². The maximum atomic E-state index is 12.9. The Labute approximate surface area is 139 Å². The number of nitrogens with zero attached hydrogens (tertiary/aromatic N) is 4. The number of carbonyl (C=O) groups is 1. The van der Waals surface area contributed by atoms with Gasteiger partial charge in [0.15, 0.2) is 11.3 Å². The third-order valence-corrected chi connectivity index (χ3v) is 4.34. The molecule has 1 atom stereocenters. The molecule has 0 saturated carbocycles. The zero-order valence-electron chi connectivity index (χ0n) is 13.2. The van der Waals surface area contributed by atoms with Crippen LogP contribution in [0.4, 0.5) is 0 Å². The van der Waals surface area contributed by atoms with Crippen LogP contribution in [-0.4, -0.2) is 44.4 Å². The summed E-state index contributed by atoms with van der Waals surface area (Å²) in [5, 5.41) is 0. The predicted molar refractivity (Wildman–Crippen MR) is 89.0 cm³/mol. The van der Waals surface area contributed by atoms with Crippen LogP contribution < -0.4 is 4.74 Å². The highest BCUT2D eigenvalue weighted by Gasteiger charge is 2.31. The summed E-state index contributed by atoms with van der Waals surface area (Å²) in [7, 11) is 0. The third-order valence-electron chi connectivity index (χ3n) is 4.34. The van der Waals surface area contributed by atoms with E-state index in [1.807, 2.05) is 45.8 Å². The fourth-order valence-electron chi connectivity index (χ4n) is 3.13. The van der Waals surface area contributed by atoms with Gasteiger partial charge in [0.2, 0.25) is 0 Å². The molecule has 6 nitrogen and oxygen atoms in total. The molecule has 1 amide bonds. The van der Waals surface area contributed by atoms with E-state index < -0.39 is 0 Å². The van der Waals surface area contributed by atoms with E-state index in [9.17, 15) is 4.79 Å². The molecule has 1 aliphatic rings. The fourth-order valence-corrected chi connectivity index (χ4v) is 3.13. The second-order valence-corrected chi connectivity index (χ2v) is 5.85. The molecule has 4 rings (SSSR count). The van der Waals surface area contributed by atoms with Crippen LogP contribution in [0.3, 0.4) is 0 Å². The summed E-state index contributed by atoms with van der Waals surface area (Å²) in [6.07, 6.45) is 8.83. The fraction of sp³-hybridized carbons (Fsp3) is 0.278. The Balaban J connectivity index is 1.52. The summed E-state index contributed by atoms with van der Waals surface area (Å²) in [6, 6.07) is 9.75. The number of rotatable bonds is 4. The van der Waals surface area contributed by atoms with E-state index in [1.165, 1.54) is 0 Å². The summed E-state index contributed by atoms with van der Waals surface area (Å²) in [6.45, 7) is 1.22. The van der Waals surface area contributed by atoms with Gasteiger partial charge in [-0.1, -0.05) is 18.2 Å². The van der Waals surface area contributed by atoms with Gasteiger partial charge in [-0.3, -0.25) is 4.79 Å². The average Bonchev–Trinajstić information content (AvgIpc) is 3.29. The molecule has 3 aromatic rings. The van der Waals surface area contributed by atoms with Gasteiger partial charge < -0.3 is 14.0 Å². The summed E-state index contributed by atoms with van der Waals surface area (Å²) in [4.78, 5) is 23.3. The van der Waals surface area contributed by atoms with Crippen LogP contribution in [0.1, 0.15) is 23.3 Å². The molecule has 2 aromatic heterocycles. The minimum atomic E-state index is -0.0778. The summed E-state index contributed by atoms with van der Waals surface area (Å²) >= 11 is 0. The maximum Gasteiger partial charge on any atom is 0.276 e. The van der Waals surface area contributed by atoms with E-state index in [-0.39, 0.29) is 11.9 Å². The van der Waals surface area contributed by atoms with Crippen molar-refractivity contribution in [2.24, 2.45) is 0 Å². The van der Waals surface area contributed by atoms with Gasteiger partial charge in [0, 0.05) is 31.3 Å². The van der Waals surface area contributed by atoms with Crippen LogP contribution in [0.5, 0.6) is 5.75 Å². The van der Waals surface area contributed by atoms with Crippen molar-refractivity contribution in [1.82, 2.24) is 19.3 Å². The normalized spacial score (nSPS) is 17.3. The Hall–Kier alpha value is -2.89. The molecule has 3 heterocycles. The largest absolute Gasteiger partial charge is 0.491 e. The standard InChI is InChI=1S/C18H18N4O2/c23-18(16-17-20-9-12-21(17)11-8-19-16)22-10-4-5-14(22)13-24-15-6-2-1-3-7-15/h1-3,6-9,11-12,14H,4-5,10,13H2. The molecule has 0 radical (unpaired) electrons. The molecule has 1 fully saturated rings. The minimum Gasteiger partial charge on any atom is -0.491 e. The minimum absolute atomic E-state index is 0.0646. The Kier molecular flexibility index (Phi) is 3.86. The van der Waals surface area contributed by atoms with Gasteiger partial charge in [0.1, 0.15) is 12.4 Å². The zero-order valence-corrected chi connectivity index (χ0v) is 13.2. The van der Waals surface area contributed by atoms with Crippen molar-refractivity contribution in [3.8, 4) is 5.75 Å². The smallest absolute Gasteiger partial charge is 0.276 e. The zero-order chi connectivity index (χ0) is 16.4. The van der Waals surface area contributed by atoms with E-state index in [2.05, 4.69) is 9.97 Å². The number of ether oxygens (including phenoxy) is 1. The molecule has 122 valence electrons. The molecular weight excluding hydrogens is 304 g/mol. The van der Waals surface area contributed by atoms with Crippen LogP contribution in [0.2, 0.25) is 0 Å².